The Hall–Kier alpha value is -2.89. The van der Waals surface area contributed by atoms with Crippen LogP contribution in [0.1, 0.15) is 11.1 Å². The number of halogens is 1. The van der Waals surface area contributed by atoms with Gasteiger partial charge in [-0.3, -0.25) is 9.59 Å². The molecule has 0 saturated carbocycles. The van der Waals surface area contributed by atoms with Crippen LogP contribution in [0, 0.1) is 12.7 Å². The third kappa shape index (κ3) is 5.06. The molecule has 1 aliphatic heterocycles. The van der Waals surface area contributed by atoms with Gasteiger partial charge in [0.25, 0.3) is 5.91 Å². The Morgan fingerprint density at radius 1 is 0.963 bits per heavy atom. The van der Waals surface area contributed by atoms with Crippen LogP contribution < -0.4 is 4.74 Å². The molecule has 5 nitrogen and oxygen atoms in total. The van der Waals surface area contributed by atoms with Gasteiger partial charge in [-0.25, -0.2) is 4.39 Å². The zero-order valence-electron chi connectivity index (χ0n) is 15.4. The minimum absolute atomic E-state index is 0.0118. The number of piperazine rings is 1. The molecule has 0 aromatic heterocycles. The highest BCUT2D eigenvalue weighted by Gasteiger charge is 2.24. The van der Waals surface area contributed by atoms with Gasteiger partial charge in [0.05, 0.1) is 6.42 Å². The van der Waals surface area contributed by atoms with Crippen LogP contribution in [0.2, 0.25) is 0 Å². The molecular formula is C21H23FN2O3. The second-order valence-electron chi connectivity index (χ2n) is 6.62. The van der Waals surface area contributed by atoms with Crippen molar-refractivity contribution in [1.29, 1.82) is 0 Å². The number of nitrogens with zero attached hydrogens (tertiary/aromatic N) is 2. The molecule has 0 atom stereocenters. The highest BCUT2D eigenvalue weighted by atomic mass is 19.1. The smallest absolute Gasteiger partial charge is 0.260 e. The molecule has 0 radical (unpaired) electrons. The van der Waals surface area contributed by atoms with Gasteiger partial charge >= 0.3 is 0 Å². The van der Waals surface area contributed by atoms with Crippen LogP contribution >= 0.6 is 0 Å². The summed E-state index contributed by atoms with van der Waals surface area (Å²) in [6.45, 7) is 3.83. The molecule has 0 bridgehead atoms. The third-order valence-corrected chi connectivity index (χ3v) is 4.67. The highest BCUT2D eigenvalue weighted by molar-refractivity contribution is 5.80. The Labute approximate surface area is 158 Å². The molecule has 1 saturated heterocycles. The quantitative estimate of drug-likeness (QED) is 0.812. The van der Waals surface area contributed by atoms with Crippen LogP contribution in [-0.4, -0.2) is 54.4 Å². The maximum Gasteiger partial charge on any atom is 0.260 e. The average Bonchev–Trinajstić information content (AvgIpc) is 2.67. The van der Waals surface area contributed by atoms with Crippen molar-refractivity contribution in [1.82, 2.24) is 9.80 Å². The first-order valence-electron chi connectivity index (χ1n) is 9.01. The second-order valence-corrected chi connectivity index (χ2v) is 6.62. The van der Waals surface area contributed by atoms with E-state index in [1.54, 1.807) is 21.9 Å². The Kier molecular flexibility index (Phi) is 6.06. The molecule has 2 amide bonds. The summed E-state index contributed by atoms with van der Waals surface area (Å²) in [6, 6.07) is 13.6. The number of aryl methyl sites for hydroxylation is 1. The van der Waals surface area contributed by atoms with E-state index in [4.69, 9.17) is 4.74 Å². The SMILES string of the molecule is Cc1ccccc1OCC(=O)N1CCN(C(=O)Cc2cccc(F)c2)CC1. The van der Waals surface area contributed by atoms with Crippen LogP contribution in [0.15, 0.2) is 48.5 Å². The van der Waals surface area contributed by atoms with E-state index >= 15 is 0 Å². The van der Waals surface area contributed by atoms with Crippen LogP contribution in [0.5, 0.6) is 5.75 Å². The number of carbonyl (C=O) groups is 2. The van der Waals surface area contributed by atoms with Crippen molar-refractivity contribution in [2.24, 2.45) is 0 Å². The lowest BCUT2D eigenvalue weighted by molar-refractivity contribution is -0.140. The van der Waals surface area contributed by atoms with Crippen molar-refractivity contribution in [3.8, 4) is 5.75 Å². The van der Waals surface area contributed by atoms with E-state index in [0.717, 1.165) is 5.56 Å². The monoisotopic (exact) mass is 370 g/mol. The van der Waals surface area contributed by atoms with Crippen molar-refractivity contribution in [2.75, 3.05) is 32.8 Å². The number of amides is 2. The number of hydrogen-bond acceptors (Lipinski definition) is 3. The van der Waals surface area contributed by atoms with E-state index in [9.17, 15) is 14.0 Å². The molecule has 0 unspecified atom stereocenters. The largest absolute Gasteiger partial charge is 0.484 e. The zero-order chi connectivity index (χ0) is 19.2. The van der Waals surface area contributed by atoms with Gasteiger partial charge in [0.1, 0.15) is 11.6 Å². The number of hydrogen-bond donors (Lipinski definition) is 0. The third-order valence-electron chi connectivity index (χ3n) is 4.67. The number of carbonyl (C=O) groups excluding carboxylic acids is 2. The summed E-state index contributed by atoms with van der Waals surface area (Å²) in [5, 5.41) is 0. The predicted molar refractivity (Wildman–Crippen MR) is 99.9 cm³/mol. The first-order valence-corrected chi connectivity index (χ1v) is 9.01. The van der Waals surface area contributed by atoms with Gasteiger partial charge in [-0.2, -0.15) is 0 Å². The molecule has 1 aliphatic rings. The summed E-state index contributed by atoms with van der Waals surface area (Å²) in [5.74, 6) is 0.221. The molecule has 1 fully saturated rings. The molecule has 2 aromatic carbocycles. The van der Waals surface area contributed by atoms with Gasteiger partial charge < -0.3 is 14.5 Å². The van der Waals surface area contributed by atoms with Gasteiger partial charge in [-0.15, -0.1) is 0 Å². The van der Waals surface area contributed by atoms with E-state index in [1.807, 2.05) is 31.2 Å². The zero-order valence-corrected chi connectivity index (χ0v) is 15.4. The average molecular weight is 370 g/mol. The van der Waals surface area contributed by atoms with E-state index in [0.29, 0.717) is 37.5 Å². The number of para-hydroxylation sites is 1. The summed E-state index contributed by atoms with van der Waals surface area (Å²) in [5.41, 5.74) is 1.64. The number of rotatable bonds is 5. The first-order chi connectivity index (χ1) is 13.0. The van der Waals surface area contributed by atoms with Crippen molar-refractivity contribution < 1.29 is 18.7 Å². The van der Waals surface area contributed by atoms with Crippen LogP contribution in [-0.2, 0) is 16.0 Å². The molecular weight excluding hydrogens is 347 g/mol. The van der Waals surface area contributed by atoms with E-state index < -0.39 is 0 Å². The summed E-state index contributed by atoms with van der Waals surface area (Å²) in [7, 11) is 0. The lowest BCUT2D eigenvalue weighted by atomic mass is 10.1. The molecule has 6 heteroatoms. The molecule has 0 spiro atoms. The van der Waals surface area contributed by atoms with Crippen LogP contribution in [0.25, 0.3) is 0 Å². The first kappa shape index (κ1) is 18.9. The molecule has 27 heavy (non-hydrogen) atoms. The normalized spacial score (nSPS) is 14.1. The molecule has 1 heterocycles. The summed E-state index contributed by atoms with van der Waals surface area (Å²) < 4.78 is 18.8. The van der Waals surface area contributed by atoms with Crippen molar-refractivity contribution in [3.05, 3.63) is 65.5 Å². The maximum absolute atomic E-state index is 13.2. The number of ether oxygens (including phenoxy) is 1. The van der Waals surface area contributed by atoms with Gasteiger partial charge in [-0.1, -0.05) is 30.3 Å². The minimum Gasteiger partial charge on any atom is -0.484 e. The second kappa shape index (κ2) is 8.66. The molecule has 0 N–H and O–H groups in total. The molecule has 0 aliphatic carbocycles. The van der Waals surface area contributed by atoms with E-state index in [1.165, 1.54) is 12.1 Å². The summed E-state index contributed by atoms with van der Waals surface area (Å²) in [4.78, 5) is 28.2. The van der Waals surface area contributed by atoms with Crippen LogP contribution in [0.3, 0.4) is 0 Å². The van der Waals surface area contributed by atoms with Crippen molar-refractivity contribution >= 4 is 11.8 Å². The van der Waals surface area contributed by atoms with E-state index in [2.05, 4.69) is 0 Å². The molecule has 2 aromatic rings. The molecule has 3 rings (SSSR count). The van der Waals surface area contributed by atoms with Gasteiger partial charge in [0.15, 0.2) is 6.61 Å². The fourth-order valence-corrected chi connectivity index (χ4v) is 3.09. The Balaban J connectivity index is 1.46. The van der Waals surface area contributed by atoms with E-state index in [-0.39, 0.29) is 30.7 Å². The van der Waals surface area contributed by atoms with Gasteiger partial charge in [-0.05, 0) is 36.2 Å². The maximum atomic E-state index is 13.2. The van der Waals surface area contributed by atoms with Crippen molar-refractivity contribution in [3.63, 3.8) is 0 Å². The standard InChI is InChI=1S/C21H23FN2O3/c1-16-5-2-3-8-19(16)27-15-21(26)24-11-9-23(10-12-24)20(25)14-17-6-4-7-18(22)13-17/h2-8,13H,9-12,14-15H2,1H3. The summed E-state index contributed by atoms with van der Waals surface area (Å²) in [6.07, 6.45) is 0.169. The highest BCUT2D eigenvalue weighted by Crippen LogP contribution is 2.16. The predicted octanol–water partition coefficient (Wildman–Crippen LogP) is 2.43. The number of benzene rings is 2. The lowest BCUT2D eigenvalue weighted by Crippen LogP contribution is -2.52. The fraction of sp³-hybridized carbons (Fsp3) is 0.333. The summed E-state index contributed by atoms with van der Waals surface area (Å²) >= 11 is 0. The van der Waals surface area contributed by atoms with Crippen molar-refractivity contribution in [2.45, 2.75) is 13.3 Å². The topological polar surface area (TPSA) is 49.9 Å². The minimum atomic E-state index is -0.343. The Morgan fingerprint density at radius 3 is 2.30 bits per heavy atom. The van der Waals surface area contributed by atoms with Crippen LogP contribution in [0.4, 0.5) is 4.39 Å². The van der Waals surface area contributed by atoms with Gasteiger partial charge in [0, 0.05) is 26.2 Å². The Bertz CT molecular complexity index is 817. The van der Waals surface area contributed by atoms with Gasteiger partial charge in [0.2, 0.25) is 5.91 Å². The Morgan fingerprint density at radius 2 is 1.63 bits per heavy atom. The fourth-order valence-electron chi connectivity index (χ4n) is 3.09. The molecule has 142 valence electrons. The lowest BCUT2D eigenvalue weighted by Gasteiger charge is -2.34.